The van der Waals surface area contributed by atoms with Gasteiger partial charge in [-0.2, -0.15) is 0 Å². The van der Waals surface area contributed by atoms with Crippen LogP contribution in [0.15, 0.2) is 64.6 Å². The van der Waals surface area contributed by atoms with Gasteiger partial charge in [0.05, 0.1) is 12.0 Å². The molecule has 0 aliphatic rings. The van der Waals surface area contributed by atoms with Crippen LogP contribution in [0, 0.1) is 0 Å². The molecule has 1 aromatic carbocycles. The van der Waals surface area contributed by atoms with E-state index in [1.165, 1.54) is 6.34 Å². The zero-order chi connectivity index (χ0) is 15.8. The highest BCUT2D eigenvalue weighted by molar-refractivity contribution is 8.02. The smallest absolute Gasteiger partial charge is 0.274 e. The molecule has 0 aliphatic heterocycles. The molecule has 5 heteroatoms. The number of thioether (sulfide) groups is 1. The third-order valence-corrected chi connectivity index (χ3v) is 3.78. The number of amides is 1. The van der Waals surface area contributed by atoms with E-state index in [2.05, 4.69) is 15.3 Å². The van der Waals surface area contributed by atoms with E-state index in [1.54, 1.807) is 36.2 Å². The van der Waals surface area contributed by atoms with Crippen LogP contribution in [0.4, 0.5) is 0 Å². The summed E-state index contributed by atoms with van der Waals surface area (Å²) >= 11 is 1.62. The first-order valence-corrected chi connectivity index (χ1v) is 7.99. The van der Waals surface area contributed by atoms with E-state index in [1.807, 2.05) is 43.5 Å². The van der Waals surface area contributed by atoms with Gasteiger partial charge in [-0.3, -0.25) is 9.78 Å². The second-order valence-electron chi connectivity index (χ2n) is 4.42. The molecule has 0 saturated carbocycles. The first kappa shape index (κ1) is 16.0. The summed E-state index contributed by atoms with van der Waals surface area (Å²) in [6, 6.07) is 15.1. The number of allylic oxidation sites excluding steroid dienone is 1. The van der Waals surface area contributed by atoms with Gasteiger partial charge in [0.1, 0.15) is 5.69 Å². The van der Waals surface area contributed by atoms with Gasteiger partial charge in [0.2, 0.25) is 0 Å². The molecule has 2 rings (SSSR count). The zero-order valence-corrected chi connectivity index (χ0v) is 13.3. The van der Waals surface area contributed by atoms with Crippen molar-refractivity contribution in [3.63, 3.8) is 0 Å². The van der Waals surface area contributed by atoms with Crippen LogP contribution < -0.4 is 5.32 Å². The van der Waals surface area contributed by atoms with E-state index < -0.39 is 0 Å². The maximum Gasteiger partial charge on any atom is 0.274 e. The number of carbonyl (C=O) groups is 1. The number of carbonyl (C=O) groups excluding carboxylic acids is 1. The van der Waals surface area contributed by atoms with Crippen LogP contribution in [-0.4, -0.2) is 23.5 Å². The standard InChI is InChI=1S/C17H17N3OS/c1-13(22-2)16(14-8-4-3-5-9-14)19-12-20-17(21)15-10-6-7-11-18-15/h3-12H,1-2H3,(H,19,20,21)/b16-13-. The Morgan fingerprint density at radius 2 is 1.91 bits per heavy atom. The van der Waals surface area contributed by atoms with Crippen LogP contribution in [0.1, 0.15) is 23.0 Å². The van der Waals surface area contributed by atoms with Gasteiger partial charge < -0.3 is 5.32 Å². The van der Waals surface area contributed by atoms with Gasteiger partial charge in [-0.05, 0) is 25.3 Å². The lowest BCUT2D eigenvalue weighted by Gasteiger charge is -2.06. The number of benzene rings is 1. The average Bonchev–Trinajstić information content (AvgIpc) is 2.59. The minimum absolute atomic E-state index is 0.279. The molecule has 1 heterocycles. The molecule has 0 aliphatic carbocycles. The van der Waals surface area contributed by atoms with Gasteiger partial charge in [0, 0.05) is 16.7 Å². The van der Waals surface area contributed by atoms with Crippen molar-refractivity contribution in [2.45, 2.75) is 6.92 Å². The van der Waals surface area contributed by atoms with Crippen molar-refractivity contribution in [2.75, 3.05) is 6.26 Å². The molecule has 2 aromatic rings. The predicted octanol–water partition coefficient (Wildman–Crippen LogP) is 3.59. The zero-order valence-electron chi connectivity index (χ0n) is 12.5. The Labute approximate surface area is 134 Å². The molecular weight excluding hydrogens is 294 g/mol. The number of aliphatic imine (C=N–C) groups is 1. The SMILES string of the molecule is CS/C(C)=C(\N=CNC(=O)c1ccccn1)c1ccccc1. The predicted molar refractivity (Wildman–Crippen MR) is 92.7 cm³/mol. The molecule has 0 unspecified atom stereocenters. The summed E-state index contributed by atoms with van der Waals surface area (Å²) in [5, 5.41) is 2.64. The van der Waals surface area contributed by atoms with Crippen molar-refractivity contribution in [3.8, 4) is 0 Å². The van der Waals surface area contributed by atoms with Gasteiger partial charge in [0.25, 0.3) is 5.91 Å². The van der Waals surface area contributed by atoms with E-state index in [-0.39, 0.29) is 5.91 Å². The largest absolute Gasteiger partial charge is 0.311 e. The second-order valence-corrected chi connectivity index (χ2v) is 5.44. The van der Waals surface area contributed by atoms with Crippen LogP contribution in [0.2, 0.25) is 0 Å². The molecule has 0 radical (unpaired) electrons. The van der Waals surface area contributed by atoms with E-state index in [0.717, 1.165) is 16.2 Å². The summed E-state index contributed by atoms with van der Waals surface area (Å²) < 4.78 is 0. The fourth-order valence-corrected chi connectivity index (χ4v) is 2.15. The third kappa shape index (κ3) is 4.30. The first-order chi connectivity index (χ1) is 10.7. The van der Waals surface area contributed by atoms with E-state index in [4.69, 9.17) is 0 Å². The number of aromatic nitrogens is 1. The number of pyridine rings is 1. The monoisotopic (exact) mass is 311 g/mol. The van der Waals surface area contributed by atoms with Gasteiger partial charge in [-0.15, -0.1) is 11.8 Å². The highest BCUT2D eigenvalue weighted by Gasteiger charge is 2.05. The Kier molecular flexibility index (Phi) is 5.91. The minimum atomic E-state index is -0.279. The maximum atomic E-state index is 11.9. The fourth-order valence-electron chi connectivity index (χ4n) is 1.79. The number of nitrogens with zero attached hydrogens (tertiary/aromatic N) is 2. The Morgan fingerprint density at radius 3 is 2.55 bits per heavy atom. The Hall–Kier alpha value is -2.40. The quantitative estimate of drug-likeness (QED) is 0.678. The third-order valence-electron chi connectivity index (χ3n) is 2.97. The Balaban J connectivity index is 2.14. The highest BCUT2D eigenvalue weighted by Crippen LogP contribution is 2.25. The summed E-state index contributed by atoms with van der Waals surface area (Å²) in [5.74, 6) is -0.279. The minimum Gasteiger partial charge on any atom is -0.311 e. The lowest BCUT2D eigenvalue weighted by Crippen LogP contribution is -2.22. The lowest BCUT2D eigenvalue weighted by molar-refractivity contribution is 0.0973. The van der Waals surface area contributed by atoms with Crippen molar-refractivity contribution in [3.05, 3.63) is 70.9 Å². The van der Waals surface area contributed by atoms with Crippen molar-refractivity contribution < 1.29 is 4.79 Å². The van der Waals surface area contributed by atoms with Crippen LogP contribution in [0.3, 0.4) is 0 Å². The molecule has 0 saturated heterocycles. The van der Waals surface area contributed by atoms with Crippen molar-refractivity contribution in [1.29, 1.82) is 0 Å². The van der Waals surface area contributed by atoms with Gasteiger partial charge in [-0.1, -0.05) is 36.4 Å². The molecule has 0 bridgehead atoms. The number of nitrogens with one attached hydrogen (secondary N) is 1. The van der Waals surface area contributed by atoms with Crippen LogP contribution in [-0.2, 0) is 0 Å². The second kappa shape index (κ2) is 8.14. The highest BCUT2D eigenvalue weighted by atomic mass is 32.2. The van der Waals surface area contributed by atoms with E-state index in [9.17, 15) is 4.79 Å². The van der Waals surface area contributed by atoms with Gasteiger partial charge in [-0.25, -0.2) is 4.99 Å². The summed E-state index contributed by atoms with van der Waals surface area (Å²) in [6.07, 6.45) is 5.00. The molecule has 1 amide bonds. The molecule has 1 N–H and O–H groups in total. The number of hydrogen-bond donors (Lipinski definition) is 1. The topological polar surface area (TPSA) is 54.4 Å². The Bertz CT molecular complexity index is 682. The molecule has 0 spiro atoms. The first-order valence-electron chi connectivity index (χ1n) is 6.77. The average molecular weight is 311 g/mol. The van der Waals surface area contributed by atoms with E-state index >= 15 is 0 Å². The molecule has 0 fully saturated rings. The van der Waals surface area contributed by atoms with Crippen LogP contribution in [0.5, 0.6) is 0 Å². The molecule has 4 nitrogen and oxygen atoms in total. The van der Waals surface area contributed by atoms with Gasteiger partial charge >= 0.3 is 0 Å². The molecule has 22 heavy (non-hydrogen) atoms. The Morgan fingerprint density at radius 1 is 1.18 bits per heavy atom. The van der Waals surface area contributed by atoms with Crippen molar-refractivity contribution in [1.82, 2.24) is 10.3 Å². The molecular formula is C17H17N3OS. The number of rotatable bonds is 5. The van der Waals surface area contributed by atoms with Crippen LogP contribution in [0.25, 0.3) is 5.70 Å². The summed E-state index contributed by atoms with van der Waals surface area (Å²) in [4.78, 5) is 21.4. The van der Waals surface area contributed by atoms with E-state index in [0.29, 0.717) is 5.69 Å². The maximum absolute atomic E-state index is 11.9. The van der Waals surface area contributed by atoms with Crippen molar-refractivity contribution in [2.24, 2.45) is 4.99 Å². The van der Waals surface area contributed by atoms with Crippen molar-refractivity contribution >= 4 is 29.7 Å². The fraction of sp³-hybridized carbons (Fsp3) is 0.118. The molecule has 112 valence electrons. The lowest BCUT2D eigenvalue weighted by atomic mass is 10.1. The summed E-state index contributed by atoms with van der Waals surface area (Å²) in [7, 11) is 0. The molecule has 1 aromatic heterocycles. The van der Waals surface area contributed by atoms with Gasteiger partial charge in [0.15, 0.2) is 0 Å². The summed E-state index contributed by atoms with van der Waals surface area (Å²) in [5.41, 5.74) is 2.22. The summed E-state index contributed by atoms with van der Waals surface area (Å²) in [6.45, 7) is 2.00. The van der Waals surface area contributed by atoms with Crippen LogP contribution >= 0.6 is 11.8 Å². The number of hydrogen-bond acceptors (Lipinski definition) is 4. The normalized spacial score (nSPS) is 12.1. The molecule has 0 atom stereocenters.